The molecule has 1 aromatic carbocycles. The minimum absolute atomic E-state index is 0.0186. The molecule has 7 heteroatoms. The summed E-state index contributed by atoms with van der Waals surface area (Å²) in [5.74, 6) is -1.22. The number of carbonyl (C=O) groups excluding carboxylic acids is 1. The van der Waals surface area contributed by atoms with Crippen molar-refractivity contribution >= 4 is 5.91 Å². The molecule has 1 saturated heterocycles. The van der Waals surface area contributed by atoms with Crippen LogP contribution >= 0.6 is 0 Å². The fourth-order valence-electron chi connectivity index (χ4n) is 2.94. The highest BCUT2D eigenvalue weighted by Crippen LogP contribution is 2.24. The molecule has 0 unspecified atom stereocenters. The maximum atomic E-state index is 13.9. The maximum absolute atomic E-state index is 13.9. The number of amides is 1. The zero-order valence-electron chi connectivity index (χ0n) is 15.2. The molecular weight excluding hydrogens is 330 g/mol. The molecule has 0 aromatic heterocycles. The Morgan fingerprint density at radius 1 is 1.36 bits per heavy atom. The molecule has 0 saturated carbocycles. The highest BCUT2D eigenvalue weighted by Gasteiger charge is 2.34. The molecule has 0 radical (unpaired) electrons. The van der Waals surface area contributed by atoms with Gasteiger partial charge in [0.1, 0.15) is 18.2 Å². The first-order chi connectivity index (χ1) is 11.7. The molecular formula is C18H26F2N2O3. The molecule has 2 rings (SSSR count). The van der Waals surface area contributed by atoms with Crippen LogP contribution in [0.2, 0.25) is 0 Å². The Morgan fingerprint density at radius 2 is 2.00 bits per heavy atom. The lowest BCUT2D eigenvalue weighted by molar-refractivity contribution is -0.161. The van der Waals surface area contributed by atoms with E-state index in [0.717, 1.165) is 0 Å². The second-order valence-corrected chi connectivity index (χ2v) is 7.17. The summed E-state index contributed by atoms with van der Waals surface area (Å²) in [6, 6.07) is 3.88. The highest BCUT2D eigenvalue weighted by atomic mass is 19.1. The normalized spacial score (nSPS) is 20.5. The van der Waals surface area contributed by atoms with E-state index in [1.54, 1.807) is 14.1 Å². The van der Waals surface area contributed by atoms with Gasteiger partial charge in [-0.25, -0.2) is 8.78 Å². The first-order valence-corrected chi connectivity index (χ1v) is 8.29. The van der Waals surface area contributed by atoms with Gasteiger partial charge < -0.3 is 14.4 Å². The third-order valence-electron chi connectivity index (χ3n) is 4.02. The van der Waals surface area contributed by atoms with E-state index in [2.05, 4.69) is 0 Å². The predicted molar refractivity (Wildman–Crippen MR) is 90.1 cm³/mol. The first kappa shape index (κ1) is 19.8. The molecule has 1 amide bonds. The van der Waals surface area contributed by atoms with E-state index in [4.69, 9.17) is 9.47 Å². The molecule has 1 aliphatic heterocycles. The van der Waals surface area contributed by atoms with Crippen LogP contribution in [0.25, 0.3) is 0 Å². The van der Waals surface area contributed by atoms with Crippen molar-refractivity contribution in [3.8, 4) is 0 Å². The number of morpholine rings is 1. The molecule has 0 spiro atoms. The SMILES string of the molecule is CN(C)C(=O)COC[C@@H]1CN(Cc2c(F)cccc2F)CC(C)(C)O1. The third-order valence-corrected chi connectivity index (χ3v) is 4.02. The number of rotatable bonds is 6. The van der Waals surface area contributed by atoms with Crippen molar-refractivity contribution in [3.63, 3.8) is 0 Å². The van der Waals surface area contributed by atoms with Gasteiger partial charge in [0.15, 0.2) is 0 Å². The highest BCUT2D eigenvalue weighted by molar-refractivity contribution is 5.76. The summed E-state index contributed by atoms with van der Waals surface area (Å²) in [6.07, 6.45) is -0.270. The Labute approximate surface area is 147 Å². The molecule has 0 bridgehead atoms. The van der Waals surface area contributed by atoms with E-state index >= 15 is 0 Å². The fraction of sp³-hybridized carbons (Fsp3) is 0.611. The minimum Gasteiger partial charge on any atom is -0.369 e. The summed E-state index contributed by atoms with van der Waals surface area (Å²) in [7, 11) is 3.33. The number of halogens is 2. The molecule has 25 heavy (non-hydrogen) atoms. The van der Waals surface area contributed by atoms with Crippen LogP contribution in [0.3, 0.4) is 0 Å². The summed E-state index contributed by atoms with van der Waals surface area (Å²) < 4.78 is 39.2. The summed E-state index contributed by atoms with van der Waals surface area (Å²) >= 11 is 0. The molecule has 5 nitrogen and oxygen atoms in total. The summed E-state index contributed by atoms with van der Waals surface area (Å²) in [4.78, 5) is 15.0. The molecule has 1 atom stereocenters. The van der Waals surface area contributed by atoms with Crippen LogP contribution in [0.5, 0.6) is 0 Å². The van der Waals surface area contributed by atoms with Gasteiger partial charge in [-0.3, -0.25) is 9.69 Å². The maximum Gasteiger partial charge on any atom is 0.248 e. The van der Waals surface area contributed by atoms with Gasteiger partial charge in [-0.2, -0.15) is 0 Å². The molecule has 1 aromatic rings. The minimum atomic E-state index is -0.548. The van der Waals surface area contributed by atoms with Crippen LogP contribution < -0.4 is 0 Å². The second kappa shape index (κ2) is 8.21. The number of hydrogen-bond acceptors (Lipinski definition) is 4. The first-order valence-electron chi connectivity index (χ1n) is 8.29. The van der Waals surface area contributed by atoms with Gasteiger partial charge in [0.25, 0.3) is 0 Å². The zero-order valence-corrected chi connectivity index (χ0v) is 15.2. The Kier molecular flexibility index (Phi) is 6.48. The van der Waals surface area contributed by atoms with E-state index in [1.807, 2.05) is 18.7 Å². The average molecular weight is 356 g/mol. The van der Waals surface area contributed by atoms with Crippen molar-refractivity contribution in [2.75, 3.05) is 40.4 Å². The molecule has 1 heterocycles. The van der Waals surface area contributed by atoms with Crippen LogP contribution in [0.4, 0.5) is 8.78 Å². The van der Waals surface area contributed by atoms with Gasteiger partial charge in [0, 0.05) is 39.3 Å². The Bertz CT molecular complexity index is 588. The number of nitrogens with zero attached hydrogens (tertiary/aromatic N) is 2. The van der Waals surface area contributed by atoms with Gasteiger partial charge in [0.05, 0.1) is 18.3 Å². The summed E-state index contributed by atoms with van der Waals surface area (Å²) in [6.45, 7) is 5.28. The molecule has 140 valence electrons. The number of hydrogen-bond donors (Lipinski definition) is 0. The molecule has 0 aliphatic carbocycles. The van der Waals surface area contributed by atoms with Crippen LogP contribution in [-0.4, -0.2) is 67.8 Å². The number of carbonyl (C=O) groups is 1. The molecule has 0 N–H and O–H groups in total. The fourth-order valence-corrected chi connectivity index (χ4v) is 2.94. The van der Waals surface area contributed by atoms with E-state index in [-0.39, 0.29) is 37.3 Å². The Balaban J connectivity index is 1.97. The largest absolute Gasteiger partial charge is 0.369 e. The number of ether oxygens (including phenoxy) is 2. The summed E-state index contributed by atoms with van der Waals surface area (Å²) in [5.41, 5.74) is -0.415. The smallest absolute Gasteiger partial charge is 0.248 e. The number of likely N-dealkylation sites (N-methyl/N-ethyl adjacent to an activating group) is 1. The van der Waals surface area contributed by atoms with Gasteiger partial charge in [-0.05, 0) is 26.0 Å². The summed E-state index contributed by atoms with van der Waals surface area (Å²) in [5, 5.41) is 0. The topological polar surface area (TPSA) is 42.0 Å². The van der Waals surface area contributed by atoms with Crippen LogP contribution in [0.15, 0.2) is 18.2 Å². The van der Waals surface area contributed by atoms with Crippen LogP contribution in [0, 0.1) is 11.6 Å². The van der Waals surface area contributed by atoms with Crippen LogP contribution in [-0.2, 0) is 20.8 Å². The van der Waals surface area contributed by atoms with Gasteiger partial charge in [0.2, 0.25) is 5.91 Å². The Morgan fingerprint density at radius 3 is 2.60 bits per heavy atom. The van der Waals surface area contributed by atoms with Crippen molar-refractivity contribution < 1.29 is 23.0 Å². The van der Waals surface area contributed by atoms with Gasteiger partial charge in [-0.1, -0.05) is 6.07 Å². The Hall–Kier alpha value is -1.57. The standard InChI is InChI=1S/C18H26F2N2O3/c1-18(2)12-22(9-14-15(19)6-5-7-16(14)20)8-13(25-18)10-24-11-17(23)21(3)4/h5-7,13H,8-12H2,1-4H3/t13-/m0/s1. The lowest BCUT2D eigenvalue weighted by atomic mass is 10.0. The number of benzene rings is 1. The zero-order chi connectivity index (χ0) is 18.6. The van der Waals surface area contributed by atoms with E-state index < -0.39 is 17.2 Å². The van der Waals surface area contributed by atoms with Gasteiger partial charge >= 0.3 is 0 Å². The monoisotopic (exact) mass is 356 g/mol. The third kappa shape index (κ3) is 5.73. The second-order valence-electron chi connectivity index (χ2n) is 7.17. The van der Waals surface area contributed by atoms with Crippen molar-refractivity contribution in [2.45, 2.75) is 32.1 Å². The van der Waals surface area contributed by atoms with Crippen molar-refractivity contribution in [1.29, 1.82) is 0 Å². The molecule has 1 fully saturated rings. The van der Waals surface area contributed by atoms with Crippen molar-refractivity contribution in [3.05, 3.63) is 35.4 Å². The van der Waals surface area contributed by atoms with Crippen LogP contribution in [0.1, 0.15) is 19.4 Å². The lowest BCUT2D eigenvalue weighted by Crippen LogP contribution is -2.53. The van der Waals surface area contributed by atoms with E-state index in [9.17, 15) is 13.6 Å². The lowest BCUT2D eigenvalue weighted by Gasteiger charge is -2.42. The quantitative estimate of drug-likeness (QED) is 0.782. The van der Waals surface area contributed by atoms with E-state index in [0.29, 0.717) is 13.1 Å². The van der Waals surface area contributed by atoms with Crippen molar-refractivity contribution in [2.24, 2.45) is 0 Å². The molecule has 1 aliphatic rings. The van der Waals surface area contributed by atoms with E-state index in [1.165, 1.54) is 23.1 Å². The van der Waals surface area contributed by atoms with Crippen molar-refractivity contribution in [1.82, 2.24) is 9.80 Å². The average Bonchev–Trinajstić information content (AvgIpc) is 2.49. The predicted octanol–water partition coefficient (Wildman–Crippen LogP) is 2.05. The van der Waals surface area contributed by atoms with Gasteiger partial charge in [-0.15, -0.1) is 0 Å².